The van der Waals surface area contributed by atoms with E-state index in [1.165, 1.54) is 0 Å². The lowest BCUT2D eigenvalue weighted by Crippen LogP contribution is -2.32. The van der Waals surface area contributed by atoms with Crippen molar-refractivity contribution in [3.8, 4) is 0 Å². The molecule has 88 valence electrons. The first kappa shape index (κ1) is 12.5. The molecule has 0 unspecified atom stereocenters. The third kappa shape index (κ3) is 4.20. The van der Waals surface area contributed by atoms with Crippen LogP contribution in [0.2, 0.25) is 0 Å². The molecule has 1 amide bonds. The highest BCUT2D eigenvalue weighted by Gasteiger charge is 2.38. The Hall–Kier alpha value is -0.570. The molecule has 3 heteroatoms. The highest BCUT2D eigenvalue weighted by molar-refractivity contribution is 5.81. The molecule has 1 saturated carbocycles. The number of nitrogens with zero attached hydrogens (tertiary/aromatic N) is 1. The van der Waals surface area contributed by atoms with Gasteiger partial charge in [0.15, 0.2) is 0 Å². The highest BCUT2D eigenvalue weighted by atomic mass is 16.2. The Morgan fingerprint density at radius 2 is 2.13 bits per heavy atom. The van der Waals surface area contributed by atoms with Crippen molar-refractivity contribution in [2.45, 2.75) is 39.7 Å². The molecule has 2 atom stereocenters. The van der Waals surface area contributed by atoms with Gasteiger partial charge in [-0.15, -0.1) is 0 Å². The Kier molecular flexibility index (Phi) is 4.58. The standard InChI is InChI=1S/C12H24N2O/c1-9(2)14(4)7-5-6-13-12(15)11-8-10(11)3/h9-11H,5-8H2,1-4H3,(H,13,15)/t10-,11+/m0/s1. The number of hydrogen-bond acceptors (Lipinski definition) is 2. The number of hydrogen-bond donors (Lipinski definition) is 1. The van der Waals surface area contributed by atoms with E-state index >= 15 is 0 Å². The summed E-state index contributed by atoms with van der Waals surface area (Å²) in [6.45, 7) is 8.38. The van der Waals surface area contributed by atoms with Gasteiger partial charge in [-0.3, -0.25) is 4.79 Å². The predicted molar refractivity (Wildman–Crippen MR) is 62.7 cm³/mol. The van der Waals surface area contributed by atoms with Gasteiger partial charge in [0.25, 0.3) is 0 Å². The number of carbonyl (C=O) groups is 1. The van der Waals surface area contributed by atoms with E-state index in [9.17, 15) is 4.79 Å². The molecule has 15 heavy (non-hydrogen) atoms. The van der Waals surface area contributed by atoms with Crippen LogP contribution in [-0.2, 0) is 4.79 Å². The lowest BCUT2D eigenvalue weighted by molar-refractivity contribution is -0.122. The van der Waals surface area contributed by atoms with E-state index in [4.69, 9.17) is 0 Å². The lowest BCUT2D eigenvalue weighted by Gasteiger charge is -2.20. The molecule has 0 bridgehead atoms. The smallest absolute Gasteiger partial charge is 0.223 e. The van der Waals surface area contributed by atoms with Crippen molar-refractivity contribution >= 4 is 5.91 Å². The molecule has 1 aliphatic rings. The first-order chi connectivity index (χ1) is 7.02. The van der Waals surface area contributed by atoms with E-state index in [2.05, 4.69) is 38.0 Å². The van der Waals surface area contributed by atoms with Crippen LogP contribution in [0.25, 0.3) is 0 Å². The monoisotopic (exact) mass is 212 g/mol. The van der Waals surface area contributed by atoms with Crippen molar-refractivity contribution in [1.82, 2.24) is 10.2 Å². The van der Waals surface area contributed by atoms with Crippen LogP contribution >= 0.6 is 0 Å². The Balaban J connectivity index is 1.99. The molecule has 0 aromatic carbocycles. The molecule has 0 saturated heterocycles. The summed E-state index contributed by atoms with van der Waals surface area (Å²) in [4.78, 5) is 13.8. The number of carbonyl (C=O) groups excluding carboxylic acids is 1. The van der Waals surface area contributed by atoms with Crippen molar-refractivity contribution in [1.29, 1.82) is 0 Å². The number of amides is 1. The maximum absolute atomic E-state index is 11.5. The fourth-order valence-electron chi connectivity index (χ4n) is 1.62. The van der Waals surface area contributed by atoms with Crippen molar-refractivity contribution in [2.75, 3.05) is 20.1 Å². The summed E-state index contributed by atoms with van der Waals surface area (Å²) >= 11 is 0. The molecular weight excluding hydrogens is 188 g/mol. The minimum atomic E-state index is 0.259. The van der Waals surface area contributed by atoms with E-state index in [1.54, 1.807) is 0 Å². The Morgan fingerprint density at radius 1 is 1.53 bits per heavy atom. The molecule has 0 aromatic rings. The van der Waals surface area contributed by atoms with Gasteiger partial charge in [0.05, 0.1) is 0 Å². The second-order valence-corrected chi connectivity index (χ2v) is 5.04. The normalized spacial score (nSPS) is 24.7. The van der Waals surface area contributed by atoms with Crippen LogP contribution in [0.15, 0.2) is 0 Å². The zero-order valence-corrected chi connectivity index (χ0v) is 10.4. The van der Waals surface area contributed by atoms with E-state index in [1.807, 2.05) is 0 Å². The van der Waals surface area contributed by atoms with Gasteiger partial charge in [0, 0.05) is 18.5 Å². The summed E-state index contributed by atoms with van der Waals surface area (Å²) in [6.07, 6.45) is 2.12. The van der Waals surface area contributed by atoms with Gasteiger partial charge >= 0.3 is 0 Å². The maximum atomic E-state index is 11.5. The van der Waals surface area contributed by atoms with Gasteiger partial charge < -0.3 is 10.2 Å². The lowest BCUT2D eigenvalue weighted by atomic mass is 10.3. The molecular formula is C12H24N2O. The minimum Gasteiger partial charge on any atom is -0.356 e. The van der Waals surface area contributed by atoms with Crippen molar-refractivity contribution in [2.24, 2.45) is 11.8 Å². The first-order valence-corrected chi connectivity index (χ1v) is 6.00. The van der Waals surface area contributed by atoms with E-state index < -0.39 is 0 Å². The van der Waals surface area contributed by atoms with Crippen LogP contribution in [0.1, 0.15) is 33.6 Å². The van der Waals surface area contributed by atoms with Crippen LogP contribution in [0, 0.1) is 11.8 Å². The average molecular weight is 212 g/mol. The van der Waals surface area contributed by atoms with E-state index in [-0.39, 0.29) is 5.91 Å². The molecule has 0 spiro atoms. The van der Waals surface area contributed by atoms with Crippen LogP contribution < -0.4 is 5.32 Å². The zero-order valence-electron chi connectivity index (χ0n) is 10.4. The van der Waals surface area contributed by atoms with Crippen LogP contribution in [-0.4, -0.2) is 37.0 Å². The SMILES string of the molecule is CC(C)N(C)CCCNC(=O)[C@@H]1C[C@@H]1C. The van der Waals surface area contributed by atoms with Gasteiger partial charge in [-0.1, -0.05) is 6.92 Å². The molecule has 1 fully saturated rings. The molecule has 1 aliphatic carbocycles. The van der Waals surface area contributed by atoms with Crippen LogP contribution in [0.3, 0.4) is 0 Å². The second-order valence-electron chi connectivity index (χ2n) is 5.04. The maximum Gasteiger partial charge on any atom is 0.223 e. The highest BCUT2D eigenvalue weighted by Crippen LogP contribution is 2.37. The van der Waals surface area contributed by atoms with Gasteiger partial charge in [0.2, 0.25) is 5.91 Å². The van der Waals surface area contributed by atoms with Crippen molar-refractivity contribution in [3.63, 3.8) is 0 Å². The van der Waals surface area contributed by atoms with Crippen molar-refractivity contribution < 1.29 is 4.79 Å². The predicted octanol–water partition coefficient (Wildman–Crippen LogP) is 1.49. The topological polar surface area (TPSA) is 32.3 Å². The van der Waals surface area contributed by atoms with Crippen LogP contribution in [0.4, 0.5) is 0 Å². The number of rotatable bonds is 6. The van der Waals surface area contributed by atoms with Crippen molar-refractivity contribution in [3.05, 3.63) is 0 Å². The molecule has 0 radical (unpaired) electrons. The molecule has 0 heterocycles. The summed E-state index contributed by atoms with van der Waals surface area (Å²) in [6, 6.07) is 0.587. The van der Waals surface area contributed by atoms with Crippen LogP contribution in [0.5, 0.6) is 0 Å². The summed E-state index contributed by atoms with van der Waals surface area (Å²) in [5.41, 5.74) is 0. The van der Waals surface area contributed by atoms with E-state index in [0.717, 1.165) is 25.9 Å². The molecule has 1 N–H and O–H groups in total. The average Bonchev–Trinajstić information content (AvgIpc) is 2.89. The molecule has 0 aliphatic heterocycles. The molecule has 0 aromatic heterocycles. The first-order valence-electron chi connectivity index (χ1n) is 6.00. The fourth-order valence-corrected chi connectivity index (χ4v) is 1.62. The third-order valence-corrected chi connectivity index (χ3v) is 3.31. The van der Waals surface area contributed by atoms with E-state index in [0.29, 0.717) is 17.9 Å². The Labute approximate surface area is 93.2 Å². The number of nitrogens with one attached hydrogen (secondary N) is 1. The second kappa shape index (κ2) is 5.50. The summed E-state index contributed by atoms with van der Waals surface area (Å²) < 4.78 is 0. The van der Waals surface area contributed by atoms with Gasteiger partial charge in [0.1, 0.15) is 0 Å². The Bertz CT molecular complexity index is 216. The summed E-state index contributed by atoms with van der Waals surface area (Å²) in [7, 11) is 2.12. The quantitative estimate of drug-likeness (QED) is 0.677. The molecule has 3 nitrogen and oxygen atoms in total. The third-order valence-electron chi connectivity index (χ3n) is 3.31. The Morgan fingerprint density at radius 3 is 2.60 bits per heavy atom. The van der Waals surface area contributed by atoms with Gasteiger partial charge in [-0.2, -0.15) is 0 Å². The fraction of sp³-hybridized carbons (Fsp3) is 0.917. The summed E-state index contributed by atoms with van der Waals surface area (Å²) in [5.74, 6) is 1.19. The zero-order chi connectivity index (χ0) is 11.4. The minimum absolute atomic E-state index is 0.259. The van der Waals surface area contributed by atoms with Gasteiger partial charge in [-0.25, -0.2) is 0 Å². The van der Waals surface area contributed by atoms with Gasteiger partial charge in [-0.05, 0) is 46.2 Å². The summed E-state index contributed by atoms with van der Waals surface area (Å²) in [5, 5.41) is 3.00. The largest absolute Gasteiger partial charge is 0.356 e. The molecule has 1 rings (SSSR count).